The predicted octanol–water partition coefficient (Wildman–Crippen LogP) is 5.94. The zero-order valence-electron chi connectivity index (χ0n) is 14.3. The summed E-state index contributed by atoms with van der Waals surface area (Å²) in [7, 11) is 0. The van der Waals surface area contributed by atoms with Crippen molar-refractivity contribution in [2.75, 3.05) is 0 Å². The van der Waals surface area contributed by atoms with Crippen LogP contribution < -0.4 is 0 Å². The minimum atomic E-state index is 0. The molecule has 1 heteroatoms. The van der Waals surface area contributed by atoms with Gasteiger partial charge in [-0.2, -0.15) is 146 Å². The van der Waals surface area contributed by atoms with Crippen LogP contribution in [0.5, 0.6) is 0 Å². The van der Waals surface area contributed by atoms with Crippen LogP contribution in [-0.2, 0) is 19.5 Å². The van der Waals surface area contributed by atoms with Crippen LogP contribution in [0.15, 0.2) is 121 Å². The van der Waals surface area contributed by atoms with Crippen LogP contribution in [-0.4, -0.2) is 0 Å². The minimum absolute atomic E-state index is 0. The molecule has 0 bridgehead atoms. The molecule has 0 saturated heterocycles. The molecule has 0 aliphatic heterocycles. The number of rotatable bonds is 0. The van der Waals surface area contributed by atoms with E-state index in [1.165, 1.54) is 0 Å². The quantitative estimate of drug-likeness (QED) is 0.264. The number of hydrogen-bond donors (Lipinski definition) is 0. The molecule has 0 saturated carbocycles. The fourth-order valence-electron chi connectivity index (χ4n) is 1.37. The molecular formula is C24H20Zn-4. The molecule has 122 valence electrons. The maximum atomic E-state index is 2.89. The molecular weight excluding hydrogens is 354 g/mol. The standard InChI is InChI=1S/4C6H5.Zn/c4*1-2-4-6-5-3-1;/h4*1-5H;/q4*-1;. The molecule has 0 amide bonds. The molecule has 0 aliphatic rings. The van der Waals surface area contributed by atoms with Gasteiger partial charge in [0.05, 0.1) is 0 Å². The zero-order chi connectivity index (χ0) is 17.0. The van der Waals surface area contributed by atoms with E-state index in [1.807, 2.05) is 121 Å². The van der Waals surface area contributed by atoms with Crippen LogP contribution in [0.1, 0.15) is 0 Å². The molecule has 0 radical (unpaired) electrons. The van der Waals surface area contributed by atoms with Gasteiger partial charge in [-0.25, -0.2) is 0 Å². The van der Waals surface area contributed by atoms with E-state index in [0.717, 1.165) is 0 Å². The molecule has 0 unspecified atom stereocenters. The SMILES string of the molecule is [Zn].[c-]1ccccc1.[c-]1ccccc1.[c-]1ccccc1.[c-]1ccccc1. The van der Waals surface area contributed by atoms with Crippen LogP contribution >= 0.6 is 0 Å². The van der Waals surface area contributed by atoms with Crippen molar-refractivity contribution < 1.29 is 19.5 Å². The third kappa shape index (κ3) is 17.7. The molecule has 0 atom stereocenters. The van der Waals surface area contributed by atoms with Gasteiger partial charge in [0.2, 0.25) is 0 Å². The van der Waals surface area contributed by atoms with Crippen molar-refractivity contribution >= 4 is 0 Å². The topological polar surface area (TPSA) is 0 Å². The summed E-state index contributed by atoms with van der Waals surface area (Å²) in [6, 6.07) is 50.0. The van der Waals surface area contributed by atoms with Gasteiger partial charge in [-0.05, 0) is 0 Å². The molecule has 0 aliphatic carbocycles. The smallest absolute Gasteiger partial charge is 0 e. The minimum Gasteiger partial charge on any atom is -0.184 e. The average molecular weight is 374 g/mol. The summed E-state index contributed by atoms with van der Waals surface area (Å²) in [5.41, 5.74) is 0. The van der Waals surface area contributed by atoms with E-state index in [-0.39, 0.29) is 19.5 Å². The van der Waals surface area contributed by atoms with Crippen molar-refractivity contribution in [1.29, 1.82) is 0 Å². The molecule has 4 rings (SSSR count). The second-order valence-corrected chi connectivity index (χ2v) is 4.31. The Labute approximate surface area is 165 Å². The third-order valence-corrected chi connectivity index (χ3v) is 2.43. The molecule has 4 aromatic rings. The van der Waals surface area contributed by atoms with Crippen LogP contribution in [0.4, 0.5) is 0 Å². The summed E-state index contributed by atoms with van der Waals surface area (Å²) in [5.74, 6) is 0. The normalized spacial score (nSPS) is 7.68. The van der Waals surface area contributed by atoms with Gasteiger partial charge in [-0.1, -0.05) is 0 Å². The maximum Gasteiger partial charge on any atom is 0 e. The van der Waals surface area contributed by atoms with Crippen molar-refractivity contribution in [3.8, 4) is 0 Å². The van der Waals surface area contributed by atoms with E-state index in [2.05, 4.69) is 24.3 Å². The molecule has 4 aromatic carbocycles. The molecule has 0 fully saturated rings. The Bertz CT molecular complexity index is 420. The first kappa shape index (κ1) is 22.5. The van der Waals surface area contributed by atoms with E-state index in [0.29, 0.717) is 0 Å². The van der Waals surface area contributed by atoms with Crippen LogP contribution in [0.2, 0.25) is 0 Å². The summed E-state index contributed by atoms with van der Waals surface area (Å²) in [5, 5.41) is 0. The third-order valence-electron chi connectivity index (χ3n) is 2.43. The molecule has 0 aromatic heterocycles. The van der Waals surface area contributed by atoms with Gasteiger partial charge in [-0.3, -0.25) is 0 Å². The van der Waals surface area contributed by atoms with Crippen LogP contribution in [0.3, 0.4) is 0 Å². The Morgan fingerprint density at radius 3 is 0.440 bits per heavy atom. The fraction of sp³-hybridized carbons (Fsp3) is 0. The predicted molar refractivity (Wildman–Crippen MR) is 101 cm³/mol. The number of benzene rings is 4. The monoisotopic (exact) mass is 372 g/mol. The molecule has 0 nitrogen and oxygen atoms in total. The van der Waals surface area contributed by atoms with Crippen molar-refractivity contribution in [3.63, 3.8) is 0 Å². The van der Waals surface area contributed by atoms with Gasteiger partial charge < -0.3 is 0 Å². The Morgan fingerprint density at radius 1 is 0.240 bits per heavy atom. The van der Waals surface area contributed by atoms with Crippen molar-refractivity contribution in [2.45, 2.75) is 0 Å². The summed E-state index contributed by atoms with van der Waals surface area (Å²) >= 11 is 0. The van der Waals surface area contributed by atoms with Gasteiger partial charge in [0.15, 0.2) is 0 Å². The summed E-state index contributed by atoms with van der Waals surface area (Å²) in [6.07, 6.45) is 0. The summed E-state index contributed by atoms with van der Waals surface area (Å²) < 4.78 is 0. The Balaban J connectivity index is 0.000000303. The van der Waals surface area contributed by atoms with Gasteiger partial charge >= 0.3 is 0 Å². The Hall–Kier alpha value is -2.50. The van der Waals surface area contributed by atoms with Gasteiger partial charge in [0.25, 0.3) is 0 Å². The van der Waals surface area contributed by atoms with E-state index in [9.17, 15) is 0 Å². The number of hydrogen-bond acceptors (Lipinski definition) is 0. The van der Waals surface area contributed by atoms with Crippen LogP contribution in [0, 0.1) is 24.3 Å². The summed E-state index contributed by atoms with van der Waals surface area (Å²) in [4.78, 5) is 0. The molecule has 25 heavy (non-hydrogen) atoms. The maximum absolute atomic E-state index is 2.89. The Kier molecular flexibility index (Phi) is 17.6. The van der Waals surface area contributed by atoms with Crippen molar-refractivity contribution in [1.82, 2.24) is 0 Å². The van der Waals surface area contributed by atoms with Gasteiger partial charge in [0, 0.05) is 19.5 Å². The van der Waals surface area contributed by atoms with E-state index in [4.69, 9.17) is 0 Å². The van der Waals surface area contributed by atoms with Gasteiger partial charge in [-0.15, -0.1) is 0 Å². The van der Waals surface area contributed by atoms with Gasteiger partial charge in [0.1, 0.15) is 0 Å². The van der Waals surface area contributed by atoms with Crippen molar-refractivity contribution in [2.24, 2.45) is 0 Å². The Morgan fingerprint density at radius 2 is 0.400 bits per heavy atom. The van der Waals surface area contributed by atoms with Crippen LogP contribution in [0.25, 0.3) is 0 Å². The molecule has 0 N–H and O–H groups in total. The van der Waals surface area contributed by atoms with E-state index >= 15 is 0 Å². The largest absolute Gasteiger partial charge is 0.184 e. The van der Waals surface area contributed by atoms with E-state index < -0.39 is 0 Å². The molecule has 0 spiro atoms. The second kappa shape index (κ2) is 19.5. The van der Waals surface area contributed by atoms with E-state index in [1.54, 1.807) is 0 Å². The zero-order valence-corrected chi connectivity index (χ0v) is 17.2. The van der Waals surface area contributed by atoms with Crippen molar-refractivity contribution in [3.05, 3.63) is 146 Å². The molecule has 0 heterocycles. The fourth-order valence-corrected chi connectivity index (χ4v) is 1.37. The average Bonchev–Trinajstić information content (AvgIpc) is 2.75. The summed E-state index contributed by atoms with van der Waals surface area (Å²) in [6.45, 7) is 0. The first-order valence-electron chi connectivity index (χ1n) is 7.64. The first-order valence-corrected chi connectivity index (χ1v) is 7.64. The first-order chi connectivity index (χ1) is 12.0. The second-order valence-electron chi connectivity index (χ2n) is 4.31.